The Morgan fingerprint density at radius 1 is 1.55 bits per heavy atom. The molecule has 0 heterocycles. The van der Waals surface area contributed by atoms with Crippen LogP contribution in [0.4, 0.5) is 0 Å². The van der Waals surface area contributed by atoms with Gasteiger partial charge in [0.15, 0.2) is 0 Å². The number of carbonyl (C=O) groups is 1. The summed E-state index contributed by atoms with van der Waals surface area (Å²) < 4.78 is 0. The van der Waals surface area contributed by atoms with E-state index in [9.17, 15) is 4.79 Å². The highest BCUT2D eigenvalue weighted by molar-refractivity contribution is 5.75. The maximum Gasteiger partial charge on any atom is 0.221 e. The van der Waals surface area contributed by atoms with Crippen LogP contribution in [0.3, 0.4) is 0 Å². The van der Waals surface area contributed by atoms with E-state index in [1.54, 1.807) is 7.05 Å². The van der Waals surface area contributed by atoms with Crippen LogP contribution < -0.4 is 10.6 Å². The number of hydrogen-bond acceptors (Lipinski definition) is 3. The van der Waals surface area contributed by atoms with Crippen LogP contribution in [0.5, 0.6) is 0 Å². The van der Waals surface area contributed by atoms with Gasteiger partial charge in [0.05, 0.1) is 6.07 Å². The van der Waals surface area contributed by atoms with Gasteiger partial charge in [0.2, 0.25) is 5.91 Å². The molecule has 0 aliphatic rings. The van der Waals surface area contributed by atoms with E-state index in [1.165, 1.54) is 0 Å². The van der Waals surface area contributed by atoms with Gasteiger partial charge in [-0.25, -0.2) is 0 Å². The molecule has 0 aromatic heterocycles. The van der Waals surface area contributed by atoms with E-state index >= 15 is 0 Å². The molecular weight excluding hydrogens is 142 g/mol. The molecule has 0 saturated heterocycles. The van der Waals surface area contributed by atoms with Gasteiger partial charge in [0.25, 0.3) is 0 Å². The summed E-state index contributed by atoms with van der Waals surface area (Å²) in [5.41, 5.74) is 0. The summed E-state index contributed by atoms with van der Waals surface area (Å²) in [7, 11) is 1.61. The Morgan fingerprint density at radius 3 is 2.82 bits per heavy atom. The second kappa shape index (κ2) is 7.03. The lowest BCUT2D eigenvalue weighted by atomic mass is 10.4. The standard InChI is InChI=1S/C7H13N3O/c1-9-7(11)3-6-10-5-2-4-8/h10H,2-3,5-6H2,1H3,(H,9,11). The summed E-state index contributed by atoms with van der Waals surface area (Å²) in [6.07, 6.45) is 0.968. The van der Waals surface area contributed by atoms with Gasteiger partial charge in [-0.2, -0.15) is 5.26 Å². The predicted molar refractivity (Wildman–Crippen MR) is 41.8 cm³/mol. The van der Waals surface area contributed by atoms with Crippen molar-refractivity contribution in [2.24, 2.45) is 0 Å². The summed E-state index contributed by atoms with van der Waals surface area (Å²) in [6, 6.07) is 2.01. The van der Waals surface area contributed by atoms with Gasteiger partial charge in [-0.3, -0.25) is 4.79 Å². The number of carbonyl (C=O) groups excluding carboxylic acids is 1. The van der Waals surface area contributed by atoms with E-state index in [0.717, 1.165) is 0 Å². The lowest BCUT2D eigenvalue weighted by molar-refractivity contribution is -0.120. The third kappa shape index (κ3) is 6.81. The van der Waals surface area contributed by atoms with E-state index in [-0.39, 0.29) is 5.91 Å². The molecule has 0 spiro atoms. The van der Waals surface area contributed by atoms with Crippen molar-refractivity contribution in [3.63, 3.8) is 0 Å². The fraction of sp³-hybridized carbons (Fsp3) is 0.714. The molecule has 0 bridgehead atoms. The van der Waals surface area contributed by atoms with Gasteiger partial charge in [-0.15, -0.1) is 0 Å². The zero-order valence-corrected chi connectivity index (χ0v) is 6.68. The van der Waals surface area contributed by atoms with Gasteiger partial charge in [-0.05, 0) is 0 Å². The average Bonchev–Trinajstić information content (AvgIpc) is 2.04. The topological polar surface area (TPSA) is 64.9 Å². The number of rotatable bonds is 5. The molecule has 0 unspecified atom stereocenters. The summed E-state index contributed by atoms with van der Waals surface area (Å²) in [6.45, 7) is 1.30. The van der Waals surface area contributed by atoms with Crippen molar-refractivity contribution in [1.82, 2.24) is 10.6 Å². The normalized spacial score (nSPS) is 8.73. The SMILES string of the molecule is CNC(=O)CCNCCC#N. The molecule has 4 heteroatoms. The third-order valence-electron chi connectivity index (χ3n) is 1.22. The molecule has 0 rings (SSSR count). The highest BCUT2D eigenvalue weighted by Crippen LogP contribution is 1.76. The van der Waals surface area contributed by atoms with Crippen LogP contribution >= 0.6 is 0 Å². The Labute approximate surface area is 66.6 Å². The summed E-state index contributed by atoms with van der Waals surface area (Å²) in [5, 5.41) is 13.6. The summed E-state index contributed by atoms with van der Waals surface area (Å²) in [5.74, 6) is 0.0226. The van der Waals surface area contributed by atoms with Crippen molar-refractivity contribution in [1.29, 1.82) is 5.26 Å². The average molecular weight is 155 g/mol. The Morgan fingerprint density at radius 2 is 2.27 bits per heavy atom. The van der Waals surface area contributed by atoms with Crippen LogP contribution in [0.15, 0.2) is 0 Å². The molecule has 0 aromatic rings. The number of hydrogen-bond donors (Lipinski definition) is 2. The first-order valence-corrected chi connectivity index (χ1v) is 3.59. The van der Waals surface area contributed by atoms with E-state index in [0.29, 0.717) is 25.9 Å². The van der Waals surface area contributed by atoms with E-state index in [2.05, 4.69) is 10.6 Å². The minimum Gasteiger partial charge on any atom is -0.359 e. The number of nitriles is 1. The van der Waals surface area contributed by atoms with Crippen LogP contribution in [0.25, 0.3) is 0 Å². The smallest absolute Gasteiger partial charge is 0.221 e. The Hall–Kier alpha value is -1.08. The second-order valence-electron chi connectivity index (χ2n) is 2.08. The van der Waals surface area contributed by atoms with Crippen molar-refractivity contribution in [2.75, 3.05) is 20.1 Å². The lowest BCUT2D eigenvalue weighted by Gasteiger charge is -1.99. The minimum absolute atomic E-state index is 0.0226. The molecule has 0 saturated carbocycles. The molecule has 0 fully saturated rings. The Bertz CT molecular complexity index is 150. The molecule has 2 N–H and O–H groups in total. The zero-order valence-electron chi connectivity index (χ0n) is 6.68. The Balaban J connectivity index is 3.03. The van der Waals surface area contributed by atoms with Crippen molar-refractivity contribution in [2.45, 2.75) is 12.8 Å². The molecule has 11 heavy (non-hydrogen) atoms. The van der Waals surface area contributed by atoms with Crippen LogP contribution in [0.1, 0.15) is 12.8 Å². The first-order valence-electron chi connectivity index (χ1n) is 3.59. The zero-order chi connectivity index (χ0) is 8.53. The highest BCUT2D eigenvalue weighted by atomic mass is 16.1. The van der Waals surface area contributed by atoms with E-state index in [4.69, 9.17) is 5.26 Å². The van der Waals surface area contributed by atoms with Gasteiger partial charge in [0.1, 0.15) is 0 Å². The monoisotopic (exact) mass is 155 g/mol. The van der Waals surface area contributed by atoms with E-state index < -0.39 is 0 Å². The van der Waals surface area contributed by atoms with Gasteiger partial charge in [-0.1, -0.05) is 0 Å². The molecule has 0 aromatic carbocycles. The summed E-state index contributed by atoms with van der Waals surface area (Å²) >= 11 is 0. The fourth-order valence-electron chi connectivity index (χ4n) is 0.596. The molecule has 1 amide bonds. The Kier molecular flexibility index (Phi) is 6.34. The van der Waals surface area contributed by atoms with Crippen LogP contribution in [-0.4, -0.2) is 26.0 Å². The van der Waals surface area contributed by atoms with Gasteiger partial charge in [0, 0.05) is 33.0 Å². The molecule has 0 radical (unpaired) electrons. The maximum absolute atomic E-state index is 10.6. The van der Waals surface area contributed by atoms with Crippen molar-refractivity contribution < 1.29 is 4.79 Å². The molecule has 4 nitrogen and oxygen atoms in total. The maximum atomic E-state index is 10.6. The van der Waals surface area contributed by atoms with Gasteiger partial charge >= 0.3 is 0 Å². The molecular formula is C7H13N3O. The van der Waals surface area contributed by atoms with Crippen molar-refractivity contribution >= 4 is 5.91 Å². The van der Waals surface area contributed by atoms with Crippen molar-refractivity contribution in [3.05, 3.63) is 0 Å². The van der Waals surface area contributed by atoms with E-state index in [1.807, 2.05) is 6.07 Å². The fourth-order valence-corrected chi connectivity index (χ4v) is 0.596. The highest BCUT2D eigenvalue weighted by Gasteiger charge is 1.94. The largest absolute Gasteiger partial charge is 0.359 e. The first kappa shape index (κ1) is 9.92. The number of amides is 1. The minimum atomic E-state index is 0.0226. The lowest BCUT2D eigenvalue weighted by Crippen LogP contribution is -2.25. The van der Waals surface area contributed by atoms with Gasteiger partial charge < -0.3 is 10.6 Å². The van der Waals surface area contributed by atoms with Crippen LogP contribution in [0.2, 0.25) is 0 Å². The second-order valence-corrected chi connectivity index (χ2v) is 2.08. The molecule has 0 atom stereocenters. The predicted octanol–water partition coefficient (Wildman–Crippen LogP) is -0.374. The first-order chi connectivity index (χ1) is 5.31. The summed E-state index contributed by atoms with van der Waals surface area (Å²) in [4.78, 5) is 10.6. The van der Waals surface area contributed by atoms with Crippen LogP contribution in [0, 0.1) is 11.3 Å². The quantitative estimate of drug-likeness (QED) is 0.532. The number of nitrogens with zero attached hydrogens (tertiary/aromatic N) is 1. The molecule has 0 aliphatic heterocycles. The third-order valence-corrected chi connectivity index (χ3v) is 1.22. The molecule has 0 aliphatic carbocycles. The van der Waals surface area contributed by atoms with Crippen molar-refractivity contribution in [3.8, 4) is 6.07 Å². The van der Waals surface area contributed by atoms with Crippen LogP contribution in [-0.2, 0) is 4.79 Å². The number of nitrogens with one attached hydrogen (secondary N) is 2. The molecule has 62 valence electrons.